The molecule has 0 aliphatic carbocycles. The molecular weight excluding hydrogens is 246 g/mol. The lowest BCUT2D eigenvalue weighted by atomic mass is 10.1. The number of nitrogen functional groups attached to an aromatic ring is 1. The molecule has 0 fully saturated rings. The minimum atomic E-state index is -0.452. The van der Waals surface area contributed by atoms with Gasteiger partial charge in [0.15, 0.2) is 0 Å². The van der Waals surface area contributed by atoms with Crippen molar-refractivity contribution in [1.29, 1.82) is 5.26 Å². The van der Waals surface area contributed by atoms with Crippen LogP contribution in [0.3, 0.4) is 0 Å². The van der Waals surface area contributed by atoms with Crippen molar-refractivity contribution in [2.75, 3.05) is 5.73 Å². The van der Waals surface area contributed by atoms with Crippen LogP contribution < -0.4 is 5.73 Å². The number of nitrogens with two attached hydrogens (primary N) is 1. The number of rotatable bonds is 4. The molecule has 2 N–H and O–H groups in total. The van der Waals surface area contributed by atoms with Gasteiger partial charge in [-0.25, -0.2) is 9.67 Å². The molecule has 2 rings (SSSR count). The van der Waals surface area contributed by atoms with E-state index in [9.17, 15) is 4.79 Å². The molecule has 0 aliphatic heterocycles. The maximum atomic E-state index is 11.5. The summed E-state index contributed by atoms with van der Waals surface area (Å²) in [6.45, 7) is 0.0562. The molecule has 0 spiro atoms. The number of nitriles is 1. The lowest BCUT2D eigenvalue weighted by Gasteiger charge is -2.05. The van der Waals surface area contributed by atoms with Gasteiger partial charge < -0.3 is 10.5 Å². The third-order valence-corrected chi connectivity index (χ3v) is 2.30. The van der Waals surface area contributed by atoms with Crippen molar-refractivity contribution in [2.45, 2.75) is 13.2 Å². The molecule has 0 bridgehead atoms. The number of nitrogens with zero attached hydrogens (tertiary/aromatic N) is 4. The third-order valence-electron chi connectivity index (χ3n) is 2.30. The molecule has 0 amide bonds. The molecule has 0 atom stereocenters. The second kappa shape index (κ2) is 5.64. The van der Waals surface area contributed by atoms with Crippen molar-refractivity contribution in [3.63, 3.8) is 0 Å². The minimum Gasteiger partial charge on any atom is -0.459 e. The van der Waals surface area contributed by atoms with Crippen LogP contribution in [0.1, 0.15) is 11.1 Å². The number of carbonyl (C=O) groups excluding carboxylic acids is 1. The summed E-state index contributed by atoms with van der Waals surface area (Å²) >= 11 is 0. The van der Waals surface area contributed by atoms with Crippen LogP contribution in [0.4, 0.5) is 5.95 Å². The molecule has 19 heavy (non-hydrogen) atoms. The van der Waals surface area contributed by atoms with Crippen LogP contribution in [-0.4, -0.2) is 20.7 Å². The average molecular weight is 257 g/mol. The van der Waals surface area contributed by atoms with E-state index < -0.39 is 5.97 Å². The third kappa shape index (κ3) is 3.54. The summed E-state index contributed by atoms with van der Waals surface area (Å²) in [4.78, 5) is 15.2. The Kier molecular flexibility index (Phi) is 3.73. The lowest BCUT2D eigenvalue weighted by Crippen LogP contribution is -2.14. The van der Waals surface area contributed by atoms with Gasteiger partial charge in [0.1, 0.15) is 19.5 Å². The summed E-state index contributed by atoms with van der Waals surface area (Å²) in [5.41, 5.74) is 6.61. The van der Waals surface area contributed by atoms with E-state index in [0.717, 1.165) is 5.56 Å². The molecule has 1 aromatic carbocycles. The quantitative estimate of drug-likeness (QED) is 0.798. The zero-order valence-electron chi connectivity index (χ0n) is 9.98. The summed E-state index contributed by atoms with van der Waals surface area (Å²) in [5.74, 6) is -0.346. The highest BCUT2D eigenvalue weighted by Gasteiger charge is 2.06. The maximum Gasteiger partial charge on any atom is 0.328 e. The van der Waals surface area contributed by atoms with Gasteiger partial charge in [-0.1, -0.05) is 12.1 Å². The second-order valence-corrected chi connectivity index (χ2v) is 3.77. The SMILES string of the molecule is N#Cc1cccc(COC(=O)Cn2cnc(N)n2)c1. The second-order valence-electron chi connectivity index (χ2n) is 3.77. The van der Waals surface area contributed by atoms with Crippen molar-refractivity contribution in [3.05, 3.63) is 41.7 Å². The van der Waals surface area contributed by atoms with Crippen LogP contribution in [0.15, 0.2) is 30.6 Å². The number of aromatic nitrogens is 3. The molecule has 0 aliphatic rings. The standard InChI is InChI=1S/C12H11N5O2/c13-5-9-2-1-3-10(4-9)7-19-11(18)6-17-8-15-12(14)16-17/h1-4,8H,6-7H2,(H2,14,16). The van der Waals surface area contributed by atoms with Gasteiger partial charge in [-0.05, 0) is 17.7 Å². The van der Waals surface area contributed by atoms with Crippen molar-refractivity contribution in [2.24, 2.45) is 0 Å². The molecule has 7 heteroatoms. The predicted octanol–water partition coefficient (Wildman–Crippen LogP) is 0.475. The van der Waals surface area contributed by atoms with Crippen LogP contribution in [0.25, 0.3) is 0 Å². The maximum absolute atomic E-state index is 11.5. The van der Waals surface area contributed by atoms with E-state index in [-0.39, 0.29) is 19.1 Å². The highest BCUT2D eigenvalue weighted by Crippen LogP contribution is 2.06. The summed E-state index contributed by atoms with van der Waals surface area (Å²) in [6.07, 6.45) is 1.35. The zero-order valence-corrected chi connectivity index (χ0v) is 9.98. The Bertz CT molecular complexity index is 629. The monoisotopic (exact) mass is 257 g/mol. The fourth-order valence-corrected chi connectivity index (χ4v) is 1.46. The molecule has 1 heterocycles. The van der Waals surface area contributed by atoms with Crippen LogP contribution in [0.2, 0.25) is 0 Å². The van der Waals surface area contributed by atoms with Crippen molar-refractivity contribution in [1.82, 2.24) is 14.8 Å². The van der Waals surface area contributed by atoms with Gasteiger partial charge in [0, 0.05) is 0 Å². The molecule has 1 aromatic heterocycles. The first-order valence-corrected chi connectivity index (χ1v) is 5.47. The fourth-order valence-electron chi connectivity index (χ4n) is 1.46. The summed E-state index contributed by atoms with van der Waals surface area (Å²) < 4.78 is 6.36. The van der Waals surface area contributed by atoms with Gasteiger partial charge >= 0.3 is 5.97 Å². The van der Waals surface area contributed by atoms with E-state index >= 15 is 0 Å². The minimum absolute atomic E-state index is 0.0534. The number of anilines is 1. The predicted molar refractivity (Wildman–Crippen MR) is 65.4 cm³/mol. The lowest BCUT2D eigenvalue weighted by molar-refractivity contribution is -0.145. The first kappa shape index (κ1) is 12.6. The van der Waals surface area contributed by atoms with Crippen LogP contribution in [0, 0.1) is 11.3 Å². The van der Waals surface area contributed by atoms with E-state index in [1.165, 1.54) is 11.0 Å². The van der Waals surface area contributed by atoms with Gasteiger partial charge in [0.05, 0.1) is 11.6 Å². The van der Waals surface area contributed by atoms with E-state index in [4.69, 9.17) is 15.7 Å². The normalized spacial score (nSPS) is 9.84. The number of carbonyl (C=O) groups is 1. The molecule has 96 valence electrons. The summed E-state index contributed by atoms with van der Waals surface area (Å²) in [5, 5.41) is 12.5. The molecule has 0 unspecified atom stereocenters. The highest BCUT2D eigenvalue weighted by molar-refractivity contribution is 5.69. The van der Waals surface area contributed by atoms with E-state index in [0.29, 0.717) is 5.56 Å². The summed E-state index contributed by atoms with van der Waals surface area (Å²) in [7, 11) is 0. The molecule has 0 radical (unpaired) electrons. The average Bonchev–Trinajstić information content (AvgIpc) is 2.82. The number of ether oxygens (including phenoxy) is 1. The zero-order chi connectivity index (χ0) is 13.7. The topological polar surface area (TPSA) is 107 Å². The van der Waals surface area contributed by atoms with Crippen molar-refractivity contribution < 1.29 is 9.53 Å². The Balaban J connectivity index is 1.88. The number of benzene rings is 1. The first-order valence-electron chi connectivity index (χ1n) is 5.47. The van der Waals surface area contributed by atoms with Gasteiger partial charge in [-0.15, -0.1) is 5.10 Å². The number of hydrogen-bond donors (Lipinski definition) is 1. The van der Waals surface area contributed by atoms with Gasteiger partial charge in [0.2, 0.25) is 5.95 Å². The first-order chi connectivity index (χ1) is 9.17. The summed E-state index contributed by atoms with van der Waals surface area (Å²) in [6, 6.07) is 8.89. The Morgan fingerprint density at radius 1 is 1.53 bits per heavy atom. The number of hydrogen-bond acceptors (Lipinski definition) is 6. The molecule has 2 aromatic rings. The Morgan fingerprint density at radius 2 is 2.37 bits per heavy atom. The molecule has 7 nitrogen and oxygen atoms in total. The van der Waals surface area contributed by atoms with Crippen molar-refractivity contribution in [3.8, 4) is 6.07 Å². The van der Waals surface area contributed by atoms with E-state index in [2.05, 4.69) is 10.1 Å². The van der Waals surface area contributed by atoms with Crippen LogP contribution in [0.5, 0.6) is 0 Å². The fraction of sp³-hybridized carbons (Fsp3) is 0.167. The van der Waals surface area contributed by atoms with E-state index in [1.807, 2.05) is 6.07 Å². The van der Waals surface area contributed by atoms with Crippen LogP contribution >= 0.6 is 0 Å². The highest BCUT2D eigenvalue weighted by atomic mass is 16.5. The van der Waals surface area contributed by atoms with Gasteiger partial charge in [-0.2, -0.15) is 5.26 Å². The smallest absolute Gasteiger partial charge is 0.328 e. The molecular formula is C12H11N5O2. The Labute approximate surface area is 109 Å². The Hall–Kier alpha value is -2.88. The molecule has 0 saturated carbocycles. The van der Waals surface area contributed by atoms with Crippen molar-refractivity contribution >= 4 is 11.9 Å². The molecule has 0 saturated heterocycles. The van der Waals surface area contributed by atoms with Crippen LogP contribution in [-0.2, 0) is 22.7 Å². The largest absolute Gasteiger partial charge is 0.459 e. The van der Waals surface area contributed by atoms with Gasteiger partial charge in [-0.3, -0.25) is 4.79 Å². The van der Waals surface area contributed by atoms with E-state index in [1.54, 1.807) is 24.3 Å². The Morgan fingerprint density at radius 3 is 3.05 bits per heavy atom. The van der Waals surface area contributed by atoms with Gasteiger partial charge in [0.25, 0.3) is 0 Å². The number of esters is 1.